The first-order valence-electron chi connectivity index (χ1n) is 11.6. The third-order valence-electron chi connectivity index (χ3n) is 6.15. The van der Waals surface area contributed by atoms with E-state index in [1.807, 2.05) is 18.2 Å². The minimum Gasteiger partial charge on any atom is -0.474 e. The van der Waals surface area contributed by atoms with E-state index in [0.29, 0.717) is 12.8 Å². The van der Waals surface area contributed by atoms with Crippen molar-refractivity contribution in [1.82, 2.24) is 13.8 Å². The van der Waals surface area contributed by atoms with Crippen LogP contribution < -0.4 is 0 Å². The molecular weight excluding hydrogens is 567 g/mol. The van der Waals surface area contributed by atoms with Crippen LogP contribution >= 0.6 is 23.5 Å². The molecular formula is C24H25ClF3N3O5S2. The molecule has 0 aromatic heterocycles. The number of likely N-dealkylation sites (tertiary alicyclic amines) is 1. The van der Waals surface area contributed by atoms with Gasteiger partial charge in [-0.15, -0.1) is 0 Å². The molecule has 2 atom stereocenters. The zero-order valence-electron chi connectivity index (χ0n) is 20.1. The molecule has 0 amide bonds. The molecule has 0 aliphatic carbocycles. The average Bonchev–Trinajstić information content (AvgIpc) is 3.26. The zero-order chi connectivity index (χ0) is 27.5. The lowest BCUT2D eigenvalue weighted by atomic mass is 10.0. The van der Waals surface area contributed by atoms with Gasteiger partial charge in [0, 0.05) is 40.8 Å². The predicted molar refractivity (Wildman–Crippen MR) is 135 cm³/mol. The van der Waals surface area contributed by atoms with Crippen LogP contribution in [0.5, 0.6) is 0 Å². The number of carbonyl (C=O) groups excluding carboxylic acids is 1. The van der Waals surface area contributed by atoms with Gasteiger partial charge < -0.3 is 9.57 Å². The van der Waals surface area contributed by atoms with Crippen LogP contribution in [0.4, 0.5) is 13.2 Å². The summed E-state index contributed by atoms with van der Waals surface area (Å²) in [6.07, 6.45) is -4.37. The highest BCUT2D eigenvalue weighted by Gasteiger charge is 2.49. The summed E-state index contributed by atoms with van der Waals surface area (Å²) in [6.45, 7) is 3.61. The first kappa shape index (κ1) is 28.6. The number of carbonyl (C=O) groups is 1. The van der Waals surface area contributed by atoms with E-state index in [2.05, 4.69) is 28.8 Å². The van der Waals surface area contributed by atoms with Crippen molar-refractivity contribution in [2.45, 2.75) is 48.5 Å². The van der Waals surface area contributed by atoms with Crippen LogP contribution in [0, 0.1) is 0 Å². The van der Waals surface area contributed by atoms with Gasteiger partial charge in [-0.05, 0) is 37.5 Å². The number of ether oxygens (including phenoxy) is 1. The number of hydrogen-bond acceptors (Lipinski definition) is 8. The smallest absolute Gasteiger partial charge is 0.474 e. The number of hydroxylamine groups is 1. The molecule has 1 saturated heterocycles. The largest absolute Gasteiger partial charge is 0.492 e. The third kappa shape index (κ3) is 6.40. The van der Waals surface area contributed by atoms with E-state index >= 15 is 0 Å². The van der Waals surface area contributed by atoms with Crippen molar-refractivity contribution in [2.75, 3.05) is 13.1 Å². The number of hydrogen-bond donors (Lipinski definition) is 0. The van der Waals surface area contributed by atoms with Crippen LogP contribution in [0.2, 0.25) is 0 Å². The van der Waals surface area contributed by atoms with Gasteiger partial charge >= 0.3 is 12.1 Å². The minimum absolute atomic E-state index is 0.0487. The van der Waals surface area contributed by atoms with Gasteiger partial charge in [0.25, 0.3) is 10.0 Å². The van der Waals surface area contributed by atoms with Gasteiger partial charge in [0.2, 0.25) is 11.4 Å². The number of sulfonamides is 1. The van der Waals surface area contributed by atoms with Gasteiger partial charge in [-0.1, -0.05) is 60.3 Å². The molecule has 0 saturated carbocycles. The lowest BCUT2D eigenvalue weighted by Crippen LogP contribution is -2.47. The van der Waals surface area contributed by atoms with Crippen LogP contribution in [-0.2, 0) is 24.4 Å². The van der Waals surface area contributed by atoms with Crippen LogP contribution in [-0.4, -0.2) is 59.0 Å². The highest BCUT2D eigenvalue weighted by Crippen LogP contribution is 2.40. The SMILES string of the molecule is CC(c1ccccc1)N1CCC(OC2=CS[C@H](N(OC(=O)C(F)(F)F)S(=O)(=O)c3ccccc3)N2Cl)CC1. The number of rotatable bonds is 8. The van der Waals surface area contributed by atoms with Crippen molar-refractivity contribution >= 4 is 39.5 Å². The summed E-state index contributed by atoms with van der Waals surface area (Å²) in [7, 11) is -4.72. The monoisotopic (exact) mass is 591 g/mol. The van der Waals surface area contributed by atoms with E-state index in [1.165, 1.54) is 29.2 Å². The molecule has 38 heavy (non-hydrogen) atoms. The Bertz CT molecular complexity index is 1240. The Hall–Kier alpha value is -2.45. The van der Waals surface area contributed by atoms with E-state index in [-0.39, 0.29) is 27.4 Å². The standard InChI is InChI=1S/C24H25ClF3N3O5S2/c1-17(18-8-4-2-5-9-18)29-14-12-19(13-15-29)35-21-16-37-23(30(21)25)31(36-22(32)24(26,27)28)38(33,34)20-10-6-3-7-11-20/h2-11,16-17,19,23H,12-15H2,1H3/t17?,23-/m0/s1. The van der Waals surface area contributed by atoms with Crippen molar-refractivity contribution in [2.24, 2.45) is 0 Å². The molecule has 14 heteroatoms. The molecule has 2 aromatic rings. The summed E-state index contributed by atoms with van der Waals surface area (Å²) < 4.78 is 72.0. The molecule has 0 spiro atoms. The number of benzene rings is 2. The Kier molecular flexibility index (Phi) is 8.82. The normalized spacial score (nSPS) is 20.3. The maximum absolute atomic E-state index is 13.2. The van der Waals surface area contributed by atoms with Gasteiger partial charge in [0.05, 0.1) is 4.90 Å². The van der Waals surface area contributed by atoms with Crippen molar-refractivity contribution in [3.8, 4) is 0 Å². The highest BCUT2D eigenvalue weighted by molar-refractivity contribution is 8.03. The first-order chi connectivity index (χ1) is 18.0. The first-order valence-corrected chi connectivity index (χ1v) is 14.4. The molecule has 4 rings (SSSR count). The number of piperidine rings is 1. The lowest BCUT2D eigenvalue weighted by molar-refractivity contribution is -0.226. The van der Waals surface area contributed by atoms with Gasteiger partial charge in [-0.2, -0.15) is 13.2 Å². The molecule has 1 unspecified atom stereocenters. The van der Waals surface area contributed by atoms with Crippen LogP contribution in [0.3, 0.4) is 0 Å². The predicted octanol–water partition coefficient (Wildman–Crippen LogP) is 5.23. The zero-order valence-corrected chi connectivity index (χ0v) is 22.5. The van der Waals surface area contributed by atoms with Gasteiger partial charge in [-0.3, -0.25) is 4.90 Å². The second kappa shape index (κ2) is 11.7. The Morgan fingerprint density at radius 3 is 2.24 bits per heavy atom. The van der Waals surface area contributed by atoms with Crippen molar-refractivity contribution in [3.63, 3.8) is 0 Å². The quantitative estimate of drug-likeness (QED) is 0.305. The molecule has 0 radical (unpaired) electrons. The summed E-state index contributed by atoms with van der Waals surface area (Å²) in [6, 6.07) is 16.9. The third-order valence-corrected chi connectivity index (χ3v) is 9.35. The molecule has 2 aliphatic heterocycles. The highest BCUT2D eigenvalue weighted by atomic mass is 35.5. The van der Waals surface area contributed by atoms with E-state index in [9.17, 15) is 26.4 Å². The summed E-state index contributed by atoms with van der Waals surface area (Å²) >= 11 is 7.07. The minimum atomic E-state index is -5.43. The maximum atomic E-state index is 13.2. The van der Waals surface area contributed by atoms with Crippen LogP contribution in [0.1, 0.15) is 31.4 Å². The van der Waals surface area contributed by atoms with Gasteiger partial charge in [0.1, 0.15) is 6.10 Å². The number of thioether (sulfide) groups is 1. The molecule has 0 bridgehead atoms. The molecule has 2 aliphatic rings. The second-order valence-corrected chi connectivity index (χ2v) is 11.7. The molecule has 2 aromatic carbocycles. The van der Waals surface area contributed by atoms with E-state index in [1.54, 1.807) is 0 Å². The van der Waals surface area contributed by atoms with Crippen molar-refractivity contribution in [3.05, 3.63) is 77.5 Å². The molecule has 8 nitrogen and oxygen atoms in total. The molecule has 2 heterocycles. The summed E-state index contributed by atoms with van der Waals surface area (Å²) in [5.41, 5.74) is -0.369. The summed E-state index contributed by atoms with van der Waals surface area (Å²) in [4.78, 5) is 17.9. The van der Waals surface area contributed by atoms with E-state index < -0.39 is 27.7 Å². The maximum Gasteiger partial charge on any atom is 0.492 e. The fraction of sp³-hybridized carbons (Fsp3) is 0.375. The van der Waals surface area contributed by atoms with Crippen LogP contribution in [0.25, 0.3) is 0 Å². The lowest BCUT2D eigenvalue weighted by Gasteiger charge is -2.37. The average molecular weight is 592 g/mol. The Balaban J connectivity index is 1.43. The molecule has 1 fully saturated rings. The Morgan fingerprint density at radius 2 is 1.66 bits per heavy atom. The fourth-order valence-corrected chi connectivity index (χ4v) is 6.95. The van der Waals surface area contributed by atoms with Gasteiger partial charge in [0.15, 0.2) is 0 Å². The Labute approximate surface area is 228 Å². The number of nitrogens with zero attached hydrogens (tertiary/aromatic N) is 3. The van der Waals surface area contributed by atoms with E-state index in [0.717, 1.165) is 41.4 Å². The van der Waals surface area contributed by atoms with Crippen molar-refractivity contribution < 1.29 is 36.0 Å². The number of alkyl halides is 3. The Morgan fingerprint density at radius 1 is 1.08 bits per heavy atom. The number of halogens is 4. The van der Waals surface area contributed by atoms with Crippen molar-refractivity contribution in [1.29, 1.82) is 0 Å². The fourth-order valence-electron chi connectivity index (χ4n) is 4.08. The molecule has 206 valence electrons. The molecule has 0 N–H and O–H groups in total. The summed E-state index contributed by atoms with van der Waals surface area (Å²) in [5.74, 6) is -2.65. The topological polar surface area (TPSA) is 79.4 Å². The second-order valence-electron chi connectivity index (χ2n) is 8.62. The van der Waals surface area contributed by atoms with E-state index in [4.69, 9.17) is 16.5 Å². The summed E-state index contributed by atoms with van der Waals surface area (Å²) in [5, 5.41) is 1.38. The van der Waals surface area contributed by atoms with Gasteiger partial charge in [-0.25, -0.2) is 17.6 Å². The van der Waals surface area contributed by atoms with Crippen LogP contribution in [0.15, 0.2) is 76.9 Å².